The summed E-state index contributed by atoms with van der Waals surface area (Å²) in [4.78, 5) is 5.60. The minimum atomic E-state index is 0.256. The van der Waals surface area contributed by atoms with Crippen LogP contribution in [-0.2, 0) is 0 Å². The first kappa shape index (κ1) is 13.8. The molecule has 0 aliphatic heterocycles. The molecule has 0 spiro atoms. The van der Waals surface area contributed by atoms with Crippen molar-refractivity contribution in [2.24, 2.45) is 0 Å². The Kier molecular flexibility index (Phi) is 3.71. The molecule has 0 fully saturated rings. The molecule has 0 atom stereocenters. The third-order valence-electron chi connectivity index (χ3n) is 3.44. The maximum Gasteiger partial charge on any atom is 0.117 e. The molecule has 1 heterocycles. The summed E-state index contributed by atoms with van der Waals surface area (Å²) in [7, 11) is 0. The van der Waals surface area contributed by atoms with Crippen molar-refractivity contribution in [1.29, 1.82) is 0 Å². The lowest BCUT2D eigenvalue weighted by Crippen LogP contribution is -1.95. The number of aromatic nitrogens is 1. The molecule has 3 rings (SSSR count). The van der Waals surface area contributed by atoms with E-state index in [4.69, 9.17) is 0 Å². The molecule has 0 aliphatic rings. The largest absolute Gasteiger partial charge is 0.508 e. The number of rotatable bonds is 3. The average Bonchev–Trinajstić information content (AvgIpc) is 2.51. The van der Waals surface area contributed by atoms with E-state index >= 15 is 0 Å². The van der Waals surface area contributed by atoms with Crippen molar-refractivity contribution in [2.45, 2.75) is 11.8 Å². The quantitative estimate of drug-likeness (QED) is 0.687. The van der Waals surface area contributed by atoms with Crippen LogP contribution in [0, 0.1) is 6.92 Å². The number of hydrogen-bond acceptors (Lipinski definition) is 4. The Morgan fingerprint density at radius 2 is 1.90 bits per heavy atom. The molecule has 21 heavy (non-hydrogen) atoms. The van der Waals surface area contributed by atoms with Crippen LogP contribution in [0.15, 0.2) is 53.6 Å². The number of benzene rings is 2. The summed E-state index contributed by atoms with van der Waals surface area (Å²) in [6.45, 7) is 2.01. The zero-order valence-corrected chi connectivity index (χ0v) is 12.7. The first-order valence-electron chi connectivity index (χ1n) is 6.67. The standard InChI is InChI=1S/C17H16N2OS/c1-11-3-4-12(20)9-17(11)19-16-7-8-18-15-6-5-13(21-2)10-14(15)16/h3-10,20H,1-2H3,(H,18,19). The van der Waals surface area contributed by atoms with Gasteiger partial charge in [-0.2, -0.15) is 0 Å². The summed E-state index contributed by atoms with van der Waals surface area (Å²) in [5.74, 6) is 0.256. The lowest BCUT2D eigenvalue weighted by Gasteiger charge is -2.12. The maximum atomic E-state index is 9.66. The first-order valence-corrected chi connectivity index (χ1v) is 7.89. The number of aromatic hydroxyl groups is 1. The summed E-state index contributed by atoms with van der Waals surface area (Å²) >= 11 is 1.71. The van der Waals surface area contributed by atoms with E-state index in [1.54, 1.807) is 30.1 Å². The van der Waals surface area contributed by atoms with Gasteiger partial charge in [0, 0.05) is 33.9 Å². The van der Waals surface area contributed by atoms with Gasteiger partial charge in [0.15, 0.2) is 0 Å². The van der Waals surface area contributed by atoms with E-state index in [1.807, 2.05) is 25.1 Å². The summed E-state index contributed by atoms with van der Waals surface area (Å²) in [5, 5.41) is 14.1. The molecule has 106 valence electrons. The fourth-order valence-corrected chi connectivity index (χ4v) is 2.69. The zero-order valence-electron chi connectivity index (χ0n) is 11.9. The van der Waals surface area contributed by atoms with Gasteiger partial charge in [-0.1, -0.05) is 6.07 Å². The summed E-state index contributed by atoms with van der Waals surface area (Å²) in [6.07, 6.45) is 3.85. The fourth-order valence-electron chi connectivity index (χ4n) is 2.25. The number of nitrogens with zero attached hydrogens (tertiary/aromatic N) is 1. The topological polar surface area (TPSA) is 45.2 Å². The van der Waals surface area contributed by atoms with Crippen molar-refractivity contribution in [1.82, 2.24) is 4.98 Å². The number of anilines is 2. The average molecular weight is 296 g/mol. The van der Waals surface area contributed by atoms with Gasteiger partial charge in [0.05, 0.1) is 5.52 Å². The number of phenols is 1. The Labute approximate surface area is 128 Å². The molecule has 0 unspecified atom stereocenters. The van der Waals surface area contributed by atoms with Crippen LogP contribution in [0.3, 0.4) is 0 Å². The maximum absolute atomic E-state index is 9.66. The van der Waals surface area contributed by atoms with Gasteiger partial charge in [0.25, 0.3) is 0 Å². The molecular weight excluding hydrogens is 280 g/mol. The molecule has 0 radical (unpaired) electrons. The number of pyridine rings is 1. The minimum absolute atomic E-state index is 0.256. The Hall–Kier alpha value is -2.20. The number of thioether (sulfide) groups is 1. The SMILES string of the molecule is CSc1ccc2nccc(Nc3cc(O)ccc3C)c2c1. The summed E-state index contributed by atoms with van der Waals surface area (Å²) in [6, 6.07) is 13.5. The van der Waals surface area contributed by atoms with Gasteiger partial charge in [-0.3, -0.25) is 4.98 Å². The van der Waals surface area contributed by atoms with Crippen LogP contribution in [0.25, 0.3) is 10.9 Å². The molecule has 2 N–H and O–H groups in total. The normalized spacial score (nSPS) is 10.8. The summed E-state index contributed by atoms with van der Waals surface area (Å²) < 4.78 is 0. The smallest absolute Gasteiger partial charge is 0.117 e. The minimum Gasteiger partial charge on any atom is -0.508 e. The van der Waals surface area contributed by atoms with Gasteiger partial charge in [-0.15, -0.1) is 11.8 Å². The fraction of sp³-hybridized carbons (Fsp3) is 0.118. The van der Waals surface area contributed by atoms with Gasteiger partial charge < -0.3 is 10.4 Å². The lowest BCUT2D eigenvalue weighted by atomic mass is 10.1. The molecule has 3 aromatic rings. The van der Waals surface area contributed by atoms with E-state index in [2.05, 4.69) is 28.7 Å². The summed E-state index contributed by atoms with van der Waals surface area (Å²) in [5.41, 5.74) is 3.93. The highest BCUT2D eigenvalue weighted by molar-refractivity contribution is 7.98. The van der Waals surface area contributed by atoms with Gasteiger partial charge in [-0.25, -0.2) is 0 Å². The van der Waals surface area contributed by atoms with E-state index in [0.717, 1.165) is 27.8 Å². The second-order valence-electron chi connectivity index (χ2n) is 4.87. The molecule has 0 bridgehead atoms. The van der Waals surface area contributed by atoms with E-state index < -0.39 is 0 Å². The number of nitrogens with one attached hydrogen (secondary N) is 1. The van der Waals surface area contributed by atoms with Crippen molar-refractivity contribution >= 4 is 34.0 Å². The van der Waals surface area contributed by atoms with E-state index in [9.17, 15) is 5.11 Å². The van der Waals surface area contributed by atoms with Crippen LogP contribution in [0.1, 0.15) is 5.56 Å². The van der Waals surface area contributed by atoms with Crippen molar-refractivity contribution in [2.75, 3.05) is 11.6 Å². The first-order chi connectivity index (χ1) is 10.2. The van der Waals surface area contributed by atoms with Crippen LogP contribution in [0.2, 0.25) is 0 Å². The van der Waals surface area contributed by atoms with E-state index in [1.165, 1.54) is 4.90 Å². The van der Waals surface area contributed by atoms with Crippen LogP contribution in [-0.4, -0.2) is 16.3 Å². The molecule has 0 saturated carbocycles. The van der Waals surface area contributed by atoms with Gasteiger partial charge in [0.1, 0.15) is 5.75 Å². The molecule has 0 amide bonds. The van der Waals surface area contributed by atoms with E-state index in [0.29, 0.717) is 0 Å². The van der Waals surface area contributed by atoms with Crippen LogP contribution in [0.5, 0.6) is 5.75 Å². The van der Waals surface area contributed by atoms with Gasteiger partial charge in [0.2, 0.25) is 0 Å². The molecule has 4 heteroatoms. The molecule has 2 aromatic carbocycles. The van der Waals surface area contributed by atoms with Crippen LogP contribution in [0.4, 0.5) is 11.4 Å². The lowest BCUT2D eigenvalue weighted by molar-refractivity contribution is 0.475. The van der Waals surface area contributed by atoms with Gasteiger partial charge in [-0.05, 0) is 49.1 Å². The number of phenolic OH excluding ortho intramolecular Hbond substituents is 1. The number of hydrogen-bond donors (Lipinski definition) is 2. The van der Waals surface area contributed by atoms with Crippen LogP contribution < -0.4 is 5.32 Å². The second kappa shape index (κ2) is 5.66. The number of fused-ring (bicyclic) bond motifs is 1. The predicted molar refractivity (Wildman–Crippen MR) is 89.7 cm³/mol. The third kappa shape index (κ3) is 2.81. The zero-order chi connectivity index (χ0) is 14.8. The highest BCUT2D eigenvalue weighted by Gasteiger charge is 2.06. The van der Waals surface area contributed by atoms with Crippen LogP contribution >= 0.6 is 11.8 Å². The third-order valence-corrected chi connectivity index (χ3v) is 4.16. The van der Waals surface area contributed by atoms with E-state index in [-0.39, 0.29) is 5.75 Å². The van der Waals surface area contributed by atoms with Crippen molar-refractivity contribution < 1.29 is 5.11 Å². The number of aryl methyl sites for hydroxylation is 1. The Bertz CT molecular complexity index is 802. The van der Waals surface area contributed by atoms with Crippen molar-refractivity contribution in [3.63, 3.8) is 0 Å². The molecule has 0 aliphatic carbocycles. The van der Waals surface area contributed by atoms with Crippen molar-refractivity contribution in [3.05, 3.63) is 54.2 Å². The molecular formula is C17H16N2OS. The Morgan fingerprint density at radius 3 is 2.71 bits per heavy atom. The van der Waals surface area contributed by atoms with Crippen molar-refractivity contribution in [3.8, 4) is 5.75 Å². The predicted octanol–water partition coefficient (Wildman–Crippen LogP) is 4.71. The molecule has 1 aromatic heterocycles. The molecule has 0 saturated heterocycles. The molecule has 3 nitrogen and oxygen atoms in total. The highest BCUT2D eigenvalue weighted by atomic mass is 32.2. The monoisotopic (exact) mass is 296 g/mol. The Morgan fingerprint density at radius 1 is 1.05 bits per heavy atom. The second-order valence-corrected chi connectivity index (χ2v) is 5.75. The Balaban J connectivity index is 2.09. The highest BCUT2D eigenvalue weighted by Crippen LogP contribution is 2.30. The van der Waals surface area contributed by atoms with Gasteiger partial charge >= 0.3 is 0 Å².